The van der Waals surface area contributed by atoms with Crippen molar-refractivity contribution in [1.29, 1.82) is 0 Å². The number of carbonyl (C=O) groups is 1. The van der Waals surface area contributed by atoms with Crippen LogP contribution in [0.25, 0.3) is 0 Å². The minimum absolute atomic E-state index is 0.135. The van der Waals surface area contributed by atoms with Crippen molar-refractivity contribution in [3.8, 4) is 0 Å². The van der Waals surface area contributed by atoms with Crippen LogP contribution >= 0.6 is 57.1 Å². The maximum atomic E-state index is 12.1. The molecule has 3 nitrogen and oxygen atoms in total. The second-order valence-electron chi connectivity index (χ2n) is 4.03. The topological polar surface area (TPSA) is 49.3 Å². The summed E-state index contributed by atoms with van der Waals surface area (Å²) in [4.78, 5) is 12.1. The van der Waals surface area contributed by atoms with Crippen LogP contribution in [0.3, 0.4) is 0 Å². The molecule has 0 bridgehead atoms. The first-order chi connectivity index (χ1) is 9.49. The fourth-order valence-electron chi connectivity index (χ4n) is 1.59. The van der Waals surface area contributed by atoms with Gasteiger partial charge in [0.25, 0.3) is 5.91 Å². The van der Waals surface area contributed by atoms with Crippen molar-refractivity contribution in [2.75, 3.05) is 6.54 Å². The Hall–Kier alpha value is -0.340. The van der Waals surface area contributed by atoms with Gasteiger partial charge in [-0.3, -0.25) is 4.79 Å². The summed E-state index contributed by atoms with van der Waals surface area (Å²) >= 11 is 15.4. The first-order valence-corrected chi connectivity index (χ1v) is 8.39. The molecule has 1 atom stereocenters. The number of aliphatic hydroxyl groups excluding tert-OH is 1. The van der Waals surface area contributed by atoms with Gasteiger partial charge in [-0.05, 0) is 57.1 Å². The molecule has 1 unspecified atom stereocenters. The highest BCUT2D eigenvalue weighted by molar-refractivity contribution is 14.1. The zero-order chi connectivity index (χ0) is 14.7. The third-order valence-corrected chi connectivity index (χ3v) is 5.32. The molecule has 0 saturated carbocycles. The lowest BCUT2D eigenvalue weighted by molar-refractivity contribution is 0.0915. The van der Waals surface area contributed by atoms with Gasteiger partial charge in [0.15, 0.2) is 0 Å². The molecule has 0 saturated heterocycles. The molecule has 0 aliphatic rings. The molecule has 2 aromatic rings. The summed E-state index contributed by atoms with van der Waals surface area (Å²) in [6.45, 7) is 0.135. The normalized spacial score (nSPS) is 12.2. The second-order valence-corrected chi connectivity index (χ2v) is 6.73. The highest BCUT2D eigenvalue weighted by Crippen LogP contribution is 2.27. The zero-order valence-corrected chi connectivity index (χ0v) is 14.6. The molecule has 2 N–H and O–H groups in total. The summed E-state index contributed by atoms with van der Waals surface area (Å²) < 4.78 is 0.635. The maximum Gasteiger partial charge on any atom is 0.252 e. The van der Waals surface area contributed by atoms with Gasteiger partial charge in [-0.25, -0.2) is 0 Å². The Morgan fingerprint density at radius 1 is 1.45 bits per heavy atom. The molecule has 106 valence electrons. The van der Waals surface area contributed by atoms with Crippen molar-refractivity contribution in [3.63, 3.8) is 0 Å². The standard InChI is InChI=1S/C13H10Cl2INO2S/c14-8-3-9(12(16)10(15)4-8)13(19)17-5-11(18)7-1-2-20-6-7/h1-4,6,11,18H,5H2,(H,17,19). The summed E-state index contributed by atoms with van der Waals surface area (Å²) in [7, 11) is 0. The van der Waals surface area contributed by atoms with Gasteiger partial charge in [0.2, 0.25) is 0 Å². The van der Waals surface area contributed by atoms with E-state index < -0.39 is 6.10 Å². The molecule has 7 heteroatoms. The van der Waals surface area contributed by atoms with E-state index in [1.807, 2.05) is 39.4 Å². The van der Waals surface area contributed by atoms with Crippen LogP contribution in [-0.2, 0) is 0 Å². The number of aliphatic hydroxyl groups is 1. The zero-order valence-electron chi connectivity index (χ0n) is 10.1. The van der Waals surface area contributed by atoms with E-state index in [0.717, 1.165) is 5.56 Å². The van der Waals surface area contributed by atoms with Crippen LogP contribution in [0.1, 0.15) is 22.0 Å². The van der Waals surface area contributed by atoms with Gasteiger partial charge in [0.1, 0.15) is 0 Å². The van der Waals surface area contributed by atoms with E-state index in [1.54, 1.807) is 12.1 Å². The van der Waals surface area contributed by atoms with Crippen LogP contribution in [0.15, 0.2) is 29.0 Å². The summed E-state index contributed by atoms with van der Waals surface area (Å²) in [5.74, 6) is -0.312. The summed E-state index contributed by atoms with van der Waals surface area (Å²) in [6.07, 6.45) is -0.725. The number of benzene rings is 1. The predicted molar refractivity (Wildman–Crippen MR) is 90.8 cm³/mol. The lowest BCUT2D eigenvalue weighted by Crippen LogP contribution is -2.28. The minimum atomic E-state index is -0.725. The van der Waals surface area contributed by atoms with Crippen molar-refractivity contribution < 1.29 is 9.90 Å². The molecule has 20 heavy (non-hydrogen) atoms. The number of amides is 1. The molecule has 0 aliphatic heterocycles. The Morgan fingerprint density at radius 3 is 2.85 bits per heavy atom. The minimum Gasteiger partial charge on any atom is -0.387 e. The van der Waals surface area contributed by atoms with E-state index in [0.29, 0.717) is 19.2 Å². The lowest BCUT2D eigenvalue weighted by Gasteiger charge is -2.12. The average Bonchev–Trinajstić information content (AvgIpc) is 2.93. The molecule has 1 aromatic heterocycles. The van der Waals surface area contributed by atoms with Crippen molar-refractivity contribution in [3.05, 3.63) is 53.7 Å². The van der Waals surface area contributed by atoms with E-state index >= 15 is 0 Å². The number of halogens is 3. The molecule has 0 spiro atoms. The van der Waals surface area contributed by atoms with E-state index in [1.165, 1.54) is 11.3 Å². The number of hydrogen-bond donors (Lipinski definition) is 2. The number of rotatable bonds is 4. The van der Waals surface area contributed by atoms with Crippen LogP contribution in [0, 0.1) is 3.57 Å². The van der Waals surface area contributed by atoms with Crippen LogP contribution in [-0.4, -0.2) is 17.6 Å². The maximum absolute atomic E-state index is 12.1. The molecule has 1 aromatic carbocycles. The van der Waals surface area contributed by atoms with Crippen LogP contribution in [0.5, 0.6) is 0 Å². The third kappa shape index (κ3) is 3.85. The number of thiophene rings is 1. The van der Waals surface area contributed by atoms with Crippen molar-refractivity contribution in [1.82, 2.24) is 5.32 Å². The van der Waals surface area contributed by atoms with E-state index in [-0.39, 0.29) is 12.5 Å². The average molecular weight is 442 g/mol. The Bertz CT molecular complexity index is 619. The van der Waals surface area contributed by atoms with Gasteiger partial charge in [0.05, 0.1) is 16.7 Å². The molecular weight excluding hydrogens is 432 g/mol. The lowest BCUT2D eigenvalue weighted by atomic mass is 10.2. The molecule has 1 heterocycles. The third-order valence-electron chi connectivity index (χ3n) is 2.62. The monoisotopic (exact) mass is 441 g/mol. The summed E-state index contributed by atoms with van der Waals surface area (Å²) in [6, 6.07) is 4.96. The highest BCUT2D eigenvalue weighted by Gasteiger charge is 2.16. The summed E-state index contributed by atoms with van der Waals surface area (Å²) in [5, 5.41) is 17.2. The van der Waals surface area contributed by atoms with Crippen LogP contribution < -0.4 is 5.32 Å². The van der Waals surface area contributed by atoms with Crippen LogP contribution in [0.2, 0.25) is 10.0 Å². The summed E-state index contributed by atoms with van der Waals surface area (Å²) in [5.41, 5.74) is 1.19. The quantitative estimate of drug-likeness (QED) is 0.553. The fourth-order valence-corrected chi connectivity index (χ4v) is 3.35. The second kappa shape index (κ2) is 7.09. The van der Waals surface area contributed by atoms with Crippen LogP contribution in [0.4, 0.5) is 0 Å². The molecule has 1 amide bonds. The largest absolute Gasteiger partial charge is 0.387 e. The van der Waals surface area contributed by atoms with Gasteiger partial charge in [-0.15, -0.1) is 0 Å². The van der Waals surface area contributed by atoms with Crippen molar-refractivity contribution in [2.45, 2.75) is 6.10 Å². The molecule has 0 radical (unpaired) electrons. The van der Waals surface area contributed by atoms with E-state index in [2.05, 4.69) is 5.32 Å². The SMILES string of the molecule is O=C(NCC(O)c1ccsc1)c1cc(Cl)cc(Cl)c1I. The van der Waals surface area contributed by atoms with Gasteiger partial charge >= 0.3 is 0 Å². The first-order valence-electron chi connectivity index (χ1n) is 5.62. The fraction of sp³-hybridized carbons (Fsp3) is 0.154. The Labute approximate surface area is 144 Å². The van der Waals surface area contributed by atoms with E-state index in [9.17, 15) is 9.90 Å². The van der Waals surface area contributed by atoms with Gasteiger partial charge in [-0.1, -0.05) is 23.2 Å². The molecule has 0 aliphatic carbocycles. The smallest absolute Gasteiger partial charge is 0.252 e. The predicted octanol–water partition coefficient (Wildman–Crippen LogP) is 4.12. The number of carbonyl (C=O) groups excluding carboxylic acids is 1. The van der Waals surface area contributed by atoms with Crippen molar-refractivity contribution >= 4 is 63.0 Å². The highest BCUT2D eigenvalue weighted by atomic mass is 127. The Balaban J connectivity index is 2.06. The number of hydrogen-bond acceptors (Lipinski definition) is 3. The Morgan fingerprint density at radius 2 is 2.20 bits per heavy atom. The van der Waals surface area contributed by atoms with Gasteiger partial charge in [0, 0.05) is 15.1 Å². The number of nitrogens with one attached hydrogen (secondary N) is 1. The van der Waals surface area contributed by atoms with Gasteiger partial charge in [-0.2, -0.15) is 11.3 Å². The molecule has 2 rings (SSSR count). The van der Waals surface area contributed by atoms with E-state index in [4.69, 9.17) is 23.2 Å². The Kier molecular flexibility index (Phi) is 5.68. The van der Waals surface area contributed by atoms with Crippen molar-refractivity contribution in [2.24, 2.45) is 0 Å². The molecular formula is C13H10Cl2INO2S. The first kappa shape index (κ1) is 16.0. The van der Waals surface area contributed by atoms with Gasteiger partial charge < -0.3 is 10.4 Å². The molecule has 0 fully saturated rings.